The smallest absolute Gasteiger partial charge is 0.217 e. The number of unbranched alkanes of at least 4 members (excludes halogenated alkanes) is 14. The largest absolute Gasteiger partial charge is 0.379 e. The van der Waals surface area contributed by atoms with E-state index in [0.29, 0.717) is 6.42 Å². The zero-order valence-electron chi connectivity index (χ0n) is 17.3. The molecule has 0 rings (SSSR count). The van der Waals surface area contributed by atoms with Gasteiger partial charge in [0, 0.05) is 6.42 Å². The number of carbonyl (C=O) groups is 1. The molecule has 0 bridgehead atoms. The lowest BCUT2D eigenvalue weighted by molar-refractivity contribution is -0.118. The Balaban J connectivity index is 0. The normalized spacial score (nSPS) is 11.7. The average molecular weight is 359 g/mol. The van der Waals surface area contributed by atoms with Crippen molar-refractivity contribution >= 4 is 5.91 Å². The van der Waals surface area contributed by atoms with Gasteiger partial charge in [0.2, 0.25) is 5.91 Å². The van der Waals surface area contributed by atoms with Gasteiger partial charge in [0.15, 0.2) is 0 Å². The third-order valence-corrected chi connectivity index (χ3v) is 4.44. The lowest BCUT2D eigenvalue weighted by atomic mass is 10.0. The van der Waals surface area contributed by atoms with Crippen LogP contribution in [-0.4, -0.2) is 24.3 Å². The molecule has 0 aliphatic rings. The molecule has 4 nitrogen and oxygen atoms in total. The quantitative estimate of drug-likeness (QED) is 0.245. The first-order valence-corrected chi connectivity index (χ1v) is 10.7. The Morgan fingerprint density at radius 1 is 0.800 bits per heavy atom. The molecule has 0 aromatic rings. The molecule has 0 aliphatic heterocycles. The maximum atomic E-state index is 10.6. The second-order valence-corrected chi connectivity index (χ2v) is 7.13. The molecule has 0 heterocycles. The number of hydrogen-bond acceptors (Lipinski definition) is 3. The fraction of sp³-hybridized carbons (Fsp3) is 0.952. The Bertz CT molecular complexity index is 258. The van der Waals surface area contributed by atoms with Crippen LogP contribution >= 0.6 is 0 Å². The Kier molecular flexibility index (Phi) is 24.9. The Hall–Kier alpha value is -0.610. The van der Waals surface area contributed by atoms with E-state index in [-0.39, 0.29) is 12.1 Å². The minimum Gasteiger partial charge on any atom is -0.379 e. The van der Waals surface area contributed by atoms with E-state index < -0.39 is 0 Å². The van der Waals surface area contributed by atoms with Crippen molar-refractivity contribution in [2.45, 2.75) is 123 Å². The number of nitrogens with two attached hydrogens (primary N) is 1. The van der Waals surface area contributed by atoms with Gasteiger partial charge in [0.25, 0.3) is 0 Å². The van der Waals surface area contributed by atoms with Crippen molar-refractivity contribution in [3.8, 4) is 0 Å². The van der Waals surface area contributed by atoms with Crippen molar-refractivity contribution in [3.05, 3.63) is 0 Å². The summed E-state index contributed by atoms with van der Waals surface area (Å²) in [7, 11) is 1.70. The van der Waals surface area contributed by atoms with E-state index in [2.05, 4.69) is 12.2 Å². The lowest BCUT2D eigenvalue weighted by Crippen LogP contribution is -2.19. The summed E-state index contributed by atoms with van der Waals surface area (Å²) in [5, 5.41) is 10.8. The predicted molar refractivity (Wildman–Crippen MR) is 109 cm³/mol. The summed E-state index contributed by atoms with van der Waals surface area (Å²) in [6.07, 6.45) is 20.5. The zero-order valence-corrected chi connectivity index (χ0v) is 17.3. The fourth-order valence-electron chi connectivity index (χ4n) is 2.67. The van der Waals surface area contributed by atoms with E-state index in [4.69, 9.17) is 10.8 Å². The first-order valence-electron chi connectivity index (χ1n) is 10.7. The van der Waals surface area contributed by atoms with E-state index in [1.807, 2.05) is 0 Å². The highest BCUT2D eigenvalue weighted by atomic mass is 16.3. The maximum absolute atomic E-state index is 10.6. The summed E-state index contributed by atoms with van der Waals surface area (Å²) >= 11 is 0. The molecule has 0 aromatic heterocycles. The van der Waals surface area contributed by atoms with E-state index in [1.165, 1.54) is 89.9 Å². The molecule has 0 aromatic carbocycles. The van der Waals surface area contributed by atoms with Crippen LogP contribution in [0.15, 0.2) is 0 Å². The van der Waals surface area contributed by atoms with Gasteiger partial charge in [-0.2, -0.15) is 0 Å². The molecule has 0 fully saturated rings. The highest BCUT2D eigenvalue weighted by Crippen LogP contribution is 2.13. The van der Waals surface area contributed by atoms with Crippen LogP contribution in [-0.2, 0) is 4.79 Å². The summed E-state index contributed by atoms with van der Waals surface area (Å²) in [5.74, 6) is -0.153. The number of primary amides is 1. The molecule has 4 heteroatoms. The SMILES string of the molecule is CCCCCCCCCCCCCCCCCC(N)=O.CNC(C)O. The van der Waals surface area contributed by atoms with Gasteiger partial charge in [-0.3, -0.25) is 10.1 Å². The molecule has 1 unspecified atom stereocenters. The Labute approximate surface area is 157 Å². The van der Waals surface area contributed by atoms with Gasteiger partial charge >= 0.3 is 0 Å². The van der Waals surface area contributed by atoms with E-state index >= 15 is 0 Å². The van der Waals surface area contributed by atoms with Gasteiger partial charge in [0.05, 0.1) is 0 Å². The second-order valence-electron chi connectivity index (χ2n) is 7.13. The number of hydrogen-bond donors (Lipinski definition) is 3. The van der Waals surface area contributed by atoms with Crippen molar-refractivity contribution in [1.82, 2.24) is 5.32 Å². The molecule has 0 aliphatic carbocycles. The van der Waals surface area contributed by atoms with Crippen LogP contribution < -0.4 is 11.1 Å². The molecular weight excluding hydrogens is 312 g/mol. The van der Waals surface area contributed by atoms with Crippen LogP contribution in [0.5, 0.6) is 0 Å². The van der Waals surface area contributed by atoms with Crippen molar-refractivity contribution in [2.75, 3.05) is 7.05 Å². The topological polar surface area (TPSA) is 75.4 Å². The van der Waals surface area contributed by atoms with Gasteiger partial charge in [-0.15, -0.1) is 0 Å². The van der Waals surface area contributed by atoms with Crippen molar-refractivity contribution in [2.24, 2.45) is 5.73 Å². The molecule has 0 saturated heterocycles. The average Bonchev–Trinajstić information content (AvgIpc) is 2.58. The van der Waals surface area contributed by atoms with Crippen LogP contribution in [0.3, 0.4) is 0 Å². The van der Waals surface area contributed by atoms with Crippen LogP contribution in [0.2, 0.25) is 0 Å². The van der Waals surface area contributed by atoms with Crippen LogP contribution in [0.4, 0.5) is 0 Å². The van der Waals surface area contributed by atoms with Crippen LogP contribution in [0.1, 0.15) is 117 Å². The molecule has 152 valence electrons. The summed E-state index contributed by atoms with van der Waals surface area (Å²) in [6, 6.07) is 0. The van der Waals surface area contributed by atoms with Crippen molar-refractivity contribution in [3.63, 3.8) is 0 Å². The number of carbonyl (C=O) groups excluding carboxylic acids is 1. The number of amides is 1. The molecule has 0 saturated carbocycles. The number of aliphatic hydroxyl groups is 1. The van der Waals surface area contributed by atoms with Gasteiger partial charge < -0.3 is 10.8 Å². The molecule has 0 radical (unpaired) electrons. The lowest BCUT2D eigenvalue weighted by Gasteiger charge is -2.03. The molecule has 1 amide bonds. The predicted octanol–water partition coefficient (Wildman–Crippen LogP) is 5.28. The number of aliphatic hydroxyl groups excluding tert-OH is 1. The van der Waals surface area contributed by atoms with Gasteiger partial charge in [-0.05, 0) is 20.4 Å². The fourth-order valence-corrected chi connectivity index (χ4v) is 2.67. The minimum absolute atomic E-state index is 0.153. The molecule has 0 spiro atoms. The number of rotatable bonds is 17. The summed E-state index contributed by atoms with van der Waals surface area (Å²) in [6.45, 7) is 3.94. The third kappa shape index (κ3) is 31.6. The highest BCUT2D eigenvalue weighted by Gasteiger charge is 1.96. The highest BCUT2D eigenvalue weighted by molar-refractivity contribution is 5.73. The summed E-state index contributed by atoms with van der Waals surface area (Å²) in [5.41, 5.74) is 5.11. The molecule has 4 N–H and O–H groups in total. The van der Waals surface area contributed by atoms with Gasteiger partial charge in [0.1, 0.15) is 6.23 Å². The standard InChI is InChI=1S/C18H37NO.C3H9NO/c1-2-3-4-5-6-7-8-9-10-11-12-13-14-15-16-17-18(19)20;1-3(5)4-2/h2-17H2,1H3,(H2,19,20);3-5H,1-2H3. The zero-order chi connectivity index (χ0) is 19.2. The van der Waals surface area contributed by atoms with Crippen molar-refractivity contribution in [1.29, 1.82) is 0 Å². The van der Waals surface area contributed by atoms with Crippen LogP contribution in [0, 0.1) is 0 Å². The summed E-state index contributed by atoms with van der Waals surface area (Å²) < 4.78 is 0. The Morgan fingerprint density at radius 2 is 1.08 bits per heavy atom. The first kappa shape index (κ1) is 26.6. The maximum Gasteiger partial charge on any atom is 0.217 e. The third-order valence-electron chi connectivity index (χ3n) is 4.44. The molecular formula is C21H46N2O2. The second kappa shape index (κ2) is 23.4. The van der Waals surface area contributed by atoms with E-state index in [9.17, 15) is 4.79 Å². The first-order chi connectivity index (χ1) is 12.0. The monoisotopic (exact) mass is 358 g/mol. The number of nitrogens with one attached hydrogen (secondary N) is 1. The summed E-state index contributed by atoms with van der Waals surface area (Å²) in [4.78, 5) is 10.6. The molecule has 25 heavy (non-hydrogen) atoms. The van der Waals surface area contributed by atoms with Gasteiger partial charge in [-0.1, -0.05) is 96.8 Å². The van der Waals surface area contributed by atoms with Crippen LogP contribution in [0.25, 0.3) is 0 Å². The van der Waals surface area contributed by atoms with Gasteiger partial charge in [-0.25, -0.2) is 0 Å². The Morgan fingerprint density at radius 3 is 1.32 bits per heavy atom. The minimum atomic E-state index is -0.366. The van der Waals surface area contributed by atoms with Crippen molar-refractivity contribution < 1.29 is 9.90 Å². The van der Waals surface area contributed by atoms with E-state index in [0.717, 1.165) is 6.42 Å². The van der Waals surface area contributed by atoms with E-state index in [1.54, 1.807) is 14.0 Å². The molecule has 1 atom stereocenters.